The average Bonchev–Trinajstić information content (AvgIpc) is 2.33. The van der Waals surface area contributed by atoms with Crippen LogP contribution in [0.25, 0.3) is 0 Å². The van der Waals surface area contributed by atoms with Gasteiger partial charge in [0, 0.05) is 31.6 Å². The molecular weight excluding hydrogens is 275 g/mol. The predicted octanol–water partition coefficient (Wildman–Crippen LogP) is 2.56. The van der Waals surface area contributed by atoms with Crippen LogP contribution >= 0.6 is 23.2 Å². The molecule has 18 heavy (non-hydrogen) atoms. The van der Waals surface area contributed by atoms with Crippen molar-refractivity contribution in [3.05, 3.63) is 28.2 Å². The number of rotatable bonds is 7. The molecule has 100 valence electrons. The van der Waals surface area contributed by atoms with E-state index in [1.165, 1.54) is 0 Å². The Morgan fingerprint density at radius 1 is 1.33 bits per heavy atom. The first-order valence-electron chi connectivity index (χ1n) is 5.58. The lowest BCUT2D eigenvalue weighted by molar-refractivity contribution is -0.116. The van der Waals surface area contributed by atoms with Gasteiger partial charge in [-0.15, -0.1) is 0 Å². The molecule has 0 aromatic heterocycles. The van der Waals surface area contributed by atoms with Gasteiger partial charge in [0.1, 0.15) is 0 Å². The normalized spacial score (nSPS) is 10.4. The lowest BCUT2D eigenvalue weighted by Crippen LogP contribution is -2.24. The second-order valence-electron chi connectivity index (χ2n) is 3.67. The molecule has 0 saturated carbocycles. The second-order valence-corrected chi connectivity index (χ2v) is 4.51. The van der Waals surface area contributed by atoms with E-state index in [0.717, 1.165) is 6.54 Å². The van der Waals surface area contributed by atoms with Crippen molar-refractivity contribution in [3.8, 4) is 0 Å². The molecule has 0 unspecified atom stereocenters. The van der Waals surface area contributed by atoms with E-state index in [1.54, 1.807) is 25.3 Å². The highest BCUT2D eigenvalue weighted by Gasteiger charge is 2.06. The van der Waals surface area contributed by atoms with Crippen LogP contribution in [-0.4, -0.2) is 32.7 Å². The third kappa shape index (κ3) is 5.69. The van der Waals surface area contributed by atoms with Gasteiger partial charge in [0.2, 0.25) is 5.91 Å². The maximum atomic E-state index is 11.6. The van der Waals surface area contributed by atoms with E-state index in [4.69, 9.17) is 27.9 Å². The third-order valence-electron chi connectivity index (χ3n) is 2.21. The number of halogens is 2. The van der Waals surface area contributed by atoms with Crippen LogP contribution in [-0.2, 0) is 9.53 Å². The number of hydrogen-bond acceptors (Lipinski definition) is 3. The van der Waals surface area contributed by atoms with Gasteiger partial charge in [0.05, 0.1) is 17.3 Å². The Morgan fingerprint density at radius 3 is 2.83 bits per heavy atom. The zero-order valence-electron chi connectivity index (χ0n) is 10.1. The minimum atomic E-state index is -0.107. The Balaban J connectivity index is 2.33. The topological polar surface area (TPSA) is 50.4 Å². The summed E-state index contributed by atoms with van der Waals surface area (Å²) in [5.74, 6) is -0.107. The Labute approximate surface area is 117 Å². The summed E-state index contributed by atoms with van der Waals surface area (Å²) in [7, 11) is 1.63. The number of nitrogens with one attached hydrogen (secondary N) is 2. The van der Waals surface area contributed by atoms with E-state index >= 15 is 0 Å². The van der Waals surface area contributed by atoms with Crippen LogP contribution in [0.2, 0.25) is 10.0 Å². The molecule has 4 nitrogen and oxygen atoms in total. The Kier molecular flexibility index (Phi) is 7.05. The highest BCUT2D eigenvalue weighted by molar-refractivity contribution is 6.35. The smallest absolute Gasteiger partial charge is 0.225 e. The molecule has 0 saturated heterocycles. The molecule has 1 rings (SSSR count). The second kappa shape index (κ2) is 8.32. The van der Waals surface area contributed by atoms with Gasteiger partial charge in [-0.3, -0.25) is 4.79 Å². The highest BCUT2D eigenvalue weighted by atomic mass is 35.5. The van der Waals surface area contributed by atoms with Gasteiger partial charge in [-0.1, -0.05) is 23.2 Å². The molecule has 2 N–H and O–H groups in total. The Morgan fingerprint density at radius 2 is 2.11 bits per heavy atom. The molecule has 1 amide bonds. The van der Waals surface area contributed by atoms with E-state index in [9.17, 15) is 4.79 Å². The molecular formula is C12H16Cl2N2O2. The molecule has 0 aliphatic rings. The SMILES string of the molecule is COCCNCCC(=O)Nc1cc(Cl)ccc1Cl. The number of carbonyl (C=O) groups excluding carboxylic acids is 1. The van der Waals surface area contributed by atoms with Crippen LogP contribution in [0, 0.1) is 0 Å². The van der Waals surface area contributed by atoms with E-state index in [2.05, 4.69) is 10.6 Å². The van der Waals surface area contributed by atoms with Crippen molar-refractivity contribution < 1.29 is 9.53 Å². The summed E-state index contributed by atoms with van der Waals surface area (Å²) in [6.07, 6.45) is 0.368. The predicted molar refractivity (Wildman–Crippen MR) is 74.5 cm³/mol. The number of amides is 1. The van der Waals surface area contributed by atoms with Crippen molar-refractivity contribution >= 4 is 34.8 Å². The fraction of sp³-hybridized carbons (Fsp3) is 0.417. The Hall–Kier alpha value is -0.810. The number of anilines is 1. The molecule has 0 aliphatic carbocycles. The average molecular weight is 291 g/mol. The van der Waals surface area contributed by atoms with Crippen LogP contribution < -0.4 is 10.6 Å². The molecule has 0 bridgehead atoms. The molecule has 1 aromatic rings. The summed E-state index contributed by atoms with van der Waals surface area (Å²) in [6.45, 7) is 1.94. The van der Waals surface area contributed by atoms with Crippen molar-refractivity contribution in [2.75, 3.05) is 32.1 Å². The first kappa shape index (κ1) is 15.2. The van der Waals surface area contributed by atoms with Crippen LogP contribution in [0.4, 0.5) is 5.69 Å². The van der Waals surface area contributed by atoms with Crippen LogP contribution in [0.3, 0.4) is 0 Å². The maximum Gasteiger partial charge on any atom is 0.225 e. The van der Waals surface area contributed by atoms with Crippen LogP contribution in [0.5, 0.6) is 0 Å². The highest BCUT2D eigenvalue weighted by Crippen LogP contribution is 2.25. The van der Waals surface area contributed by atoms with Crippen molar-refractivity contribution in [3.63, 3.8) is 0 Å². The fourth-order valence-electron chi connectivity index (χ4n) is 1.31. The van der Waals surface area contributed by atoms with Gasteiger partial charge in [-0.2, -0.15) is 0 Å². The molecule has 1 aromatic carbocycles. The minimum absolute atomic E-state index is 0.107. The van der Waals surface area contributed by atoms with Gasteiger partial charge >= 0.3 is 0 Å². The number of benzene rings is 1. The summed E-state index contributed by atoms with van der Waals surface area (Å²) >= 11 is 11.8. The number of methoxy groups -OCH3 is 1. The zero-order valence-corrected chi connectivity index (χ0v) is 11.6. The van der Waals surface area contributed by atoms with E-state index in [-0.39, 0.29) is 5.91 Å². The van der Waals surface area contributed by atoms with Crippen LogP contribution in [0.1, 0.15) is 6.42 Å². The first-order chi connectivity index (χ1) is 8.63. The molecule has 6 heteroatoms. The van der Waals surface area contributed by atoms with Crippen LogP contribution in [0.15, 0.2) is 18.2 Å². The number of hydrogen-bond donors (Lipinski definition) is 2. The zero-order chi connectivity index (χ0) is 13.4. The lowest BCUT2D eigenvalue weighted by Gasteiger charge is -2.08. The van der Waals surface area contributed by atoms with Gasteiger partial charge in [0.25, 0.3) is 0 Å². The lowest BCUT2D eigenvalue weighted by atomic mass is 10.3. The van der Waals surface area contributed by atoms with Gasteiger partial charge in [0.15, 0.2) is 0 Å². The van der Waals surface area contributed by atoms with Gasteiger partial charge in [-0.05, 0) is 18.2 Å². The fourth-order valence-corrected chi connectivity index (χ4v) is 1.64. The van der Waals surface area contributed by atoms with Crippen molar-refractivity contribution in [2.45, 2.75) is 6.42 Å². The van der Waals surface area contributed by atoms with E-state index in [0.29, 0.717) is 35.3 Å². The third-order valence-corrected chi connectivity index (χ3v) is 2.78. The summed E-state index contributed by atoms with van der Waals surface area (Å²) in [6, 6.07) is 4.95. The molecule has 0 heterocycles. The minimum Gasteiger partial charge on any atom is -0.383 e. The first-order valence-corrected chi connectivity index (χ1v) is 6.33. The van der Waals surface area contributed by atoms with Gasteiger partial charge < -0.3 is 15.4 Å². The number of ether oxygens (including phenoxy) is 1. The van der Waals surface area contributed by atoms with Crippen molar-refractivity contribution in [1.82, 2.24) is 5.32 Å². The summed E-state index contributed by atoms with van der Waals surface area (Å²) < 4.78 is 4.88. The molecule has 0 radical (unpaired) electrons. The summed E-state index contributed by atoms with van der Waals surface area (Å²) in [4.78, 5) is 11.6. The monoisotopic (exact) mass is 290 g/mol. The quantitative estimate of drug-likeness (QED) is 0.759. The molecule has 0 spiro atoms. The van der Waals surface area contributed by atoms with E-state index in [1.807, 2.05) is 0 Å². The van der Waals surface area contributed by atoms with Crippen molar-refractivity contribution in [2.24, 2.45) is 0 Å². The Bertz CT molecular complexity index is 400. The van der Waals surface area contributed by atoms with Gasteiger partial charge in [-0.25, -0.2) is 0 Å². The molecule has 0 atom stereocenters. The largest absolute Gasteiger partial charge is 0.383 e. The summed E-state index contributed by atoms with van der Waals surface area (Å²) in [5, 5.41) is 6.81. The number of carbonyl (C=O) groups is 1. The summed E-state index contributed by atoms with van der Waals surface area (Å²) in [5.41, 5.74) is 0.533. The molecule has 0 fully saturated rings. The molecule has 0 aliphatic heterocycles. The van der Waals surface area contributed by atoms with Crippen molar-refractivity contribution in [1.29, 1.82) is 0 Å². The standard InChI is InChI=1S/C12H16Cl2N2O2/c1-18-7-6-15-5-4-12(17)16-11-8-9(13)2-3-10(11)14/h2-3,8,15H,4-7H2,1H3,(H,16,17). The van der Waals surface area contributed by atoms with E-state index < -0.39 is 0 Å². The maximum absolute atomic E-state index is 11.6.